The molecular formula is C14H24N4O3. The molecule has 1 N–H and O–H groups in total. The molecule has 1 aromatic rings. The van der Waals surface area contributed by atoms with Gasteiger partial charge >= 0.3 is 0 Å². The first-order chi connectivity index (χ1) is 10.1. The van der Waals surface area contributed by atoms with Crippen molar-refractivity contribution >= 4 is 5.95 Å². The summed E-state index contributed by atoms with van der Waals surface area (Å²) in [4.78, 5) is 11.0. The van der Waals surface area contributed by atoms with Crippen molar-refractivity contribution in [1.29, 1.82) is 0 Å². The Balaban J connectivity index is 2.13. The molecule has 0 unspecified atom stereocenters. The Morgan fingerprint density at radius 2 is 1.76 bits per heavy atom. The molecule has 1 fully saturated rings. The van der Waals surface area contributed by atoms with Gasteiger partial charge in [-0.05, 0) is 13.8 Å². The van der Waals surface area contributed by atoms with E-state index < -0.39 is 0 Å². The van der Waals surface area contributed by atoms with Crippen LogP contribution in [0, 0.1) is 0 Å². The summed E-state index contributed by atoms with van der Waals surface area (Å²) in [7, 11) is 4.87. The predicted molar refractivity (Wildman–Crippen MR) is 80.1 cm³/mol. The van der Waals surface area contributed by atoms with E-state index in [0.29, 0.717) is 23.8 Å². The normalized spacial score (nSPS) is 22.6. The van der Waals surface area contributed by atoms with Crippen LogP contribution in [0.15, 0.2) is 6.07 Å². The number of aromatic nitrogens is 2. The van der Waals surface area contributed by atoms with Crippen LogP contribution < -0.4 is 14.8 Å². The second kappa shape index (κ2) is 6.91. The first kappa shape index (κ1) is 15.8. The number of rotatable bonds is 6. The van der Waals surface area contributed by atoms with Crippen LogP contribution in [0.3, 0.4) is 0 Å². The average molecular weight is 296 g/mol. The molecule has 1 saturated heterocycles. The summed E-state index contributed by atoms with van der Waals surface area (Å²) >= 11 is 0. The average Bonchev–Trinajstić information content (AvgIpc) is 2.90. The first-order valence-electron chi connectivity index (χ1n) is 7.07. The maximum Gasteiger partial charge on any atom is 0.229 e. The van der Waals surface area contributed by atoms with Crippen LogP contribution in [-0.4, -0.2) is 67.5 Å². The molecule has 0 amide bonds. The monoisotopic (exact) mass is 296 g/mol. The van der Waals surface area contributed by atoms with Gasteiger partial charge in [-0.3, -0.25) is 4.90 Å². The Morgan fingerprint density at radius 3 is 2.24 bits per heavy atom. The lowest BCUT2D eigenvalue weighted by Crippen LogP contribution is -2.34. The van der Waals surface area contributed by atoms with Gasteiger partial charge in [-0.2, -0.15) is 9.97 Å². The topological polar surface area (TPSA) is 68.7 Å². The van der Waals surface area contributed by atoms with E-state index in [0.717, 1.165) is 13.1 Å². The summed E-state index contributed by atoms with van der Waals surface area (Å²) < 4.78 is 15.9. The number of methoxy groups -OCH3 is 3. The summed E-state index contributed by atoms with van der Waals surface area (Å²) in [5, 5.41) is 3.33. The van der Waals surface area contributed by atoms with Gasteiger partial charge in [-0.15, -0.1) is 0 Å². The van der Waals surface area contributed by atoms with Crippen LogP contribution in [0.2, 0.25) is 0 Å². The maximum absolute atomic E-state index is 5.57. The van der Waals surface area contributed by atoms with E-state index in [1.54, 1.807) is 27.4 Å². The molecule has 7 heteroatoms. The largest absolute Gasteiger partial charge is 0.481 e. The summed E-state index contributed by atoms with van der Waals surface area (Å²) in [6.07, 6.45) is 0.105. The van der Waals surface area contributed by atoms with Gasteiger partial charge in [0.15, 0.2) is 0 Å². The summed E-state index contributed by atoms with van der Waals surface area (Å²) in [6.45, 7) is 6.15. The standard InChI is InChI=1S/C14H24N4O3/c1-9(2)18-7-10(11(8-18)19-3)15-14-16-12(20-4)6-13(17-14)21-5/h6,9-11H,7-8H2,1-5H3,(H,15,16,17)/t10-,11-/m0/s1. The van der Waals surface area contributed by atoms with E-state index in [4.69, 9.17) is 14.2 Å². The number of ether oxygens (including phenoxy) is 3. The van der Waals surface area contributed by atoms with Crippen LogP contribution in [0.25, 0.3) is 0 Å². The number of likely N-dealkylation sites (tertiary alicyclic amines) is 1. The molecular weight excluding hydrogens is 272 g/mol. The van der Waals surface area contributed by atoms with Gasteiger partial charge in [-0.25, -0.2) is 0 Å². The highest BCUT2D eigenvalue weighted by molar-refractivity contribution is 5.35. The lowest BCUT2D eigenvalue weighted by molar-refractivity contribution is 0.0982. The molecule has 118 valence electrons. The lowest BCUT2D eigenvalue weighted by Gasteiger charge is -2.20. The van der Waals surface area contributed by atoms with E-state index in [2.05, 4.69) is 34.0 Å². The van der Waals surface area contributed by atoms with Crippen LogP contribution >= 0.6 is 0 Å². The zero-order valence-electron chi connectivity index (χ0n) is 13.3. The molecule has 0 saturated carbocycles. The molecule has 0 aliphatic carbocycles. The third-order valence-electron chi connectivity index (χ3n) is 3.74. The Labute approximate surface area is 125 Å². The molecule has 21 heavy (non-hydrogen) atoms. The van der Waals surface area contributed by atoms with Crippen LogP contribution in [0.4, 0.5) is 5.95 Å². The maximum atomic E-state index is 5.57. The number of nitrogens with zero attached hydrogens (tertiary/aromatic N) is 3. The predicted octanol–water partition coefficient (Wildman–Crippen LogP) is 1.01. The Morgan fingerprint density at radius 1 is 1.14 bits per heavy atom. The van der Waals surface area contributed by atoms with Gasteiger partial charge in [0.1, 0.15) is 0 Å². The van der Waals surface area contributed by atoms with Crippen molar-refractivity contribution in [1.82, 2.24) is 14.9 Å². The smallest absolute Gasteiger partial charge is 0.229 e. The number of hydrogen-bond donors (Lipinski definition) is 1. The van der Waals surface area contributed by atoms with Gasteiger partial charge in [-0.1, -0.05) is 0 Å². The number of nitrogens with one attached hydrogen (secondary N) is 1. The molecule has 1 aromatic heterocycles. The zero-order valence-corrected chi connectivity index (χ0v) is 13.3. The van der Waals surface area contributed by atoms with Crippen molar-refractivity contribution < 1.29 is 14.2 Å². The molecule has 0 aromatic carbocycles. The van der Waals surface area contributed by atoms with Gasteiger partial charge in [0, 0.05) is 26.2 Å². The Kier molecular flexibility index (Phi) is 5.19. The highest BCUT2D eigenvalue weighted by Gasteiger charge is 2.34. The van der Waals surface area contributed by atoms with Crippen LogP contribution in [-0.2, 0) is 4.74 Å². The molecule has 1 aliphatic heterocycles. The minimum absolute atomic E-state index is 0.105. The summed E-state index contributed by atoms with van der Waals surface area (Å²) in [5.74, 6) is 1.43. The number of anilines is 1. The van der Waals surface area contributed by atoms with Crippen molar-refractivity contribution in [3.8, 4) is 11.8 Å². The fourth-order valence-corrected chi connectivity index (χ4v) is 2.45. The molecule has 0 bridgehead atoms. The SMILES string of the molecule is COc1cc(OC)nc(N[C@H]2CN(C(C)C)C[C@@H]2OC)n1. The van der Waals surface area contributed by atoms with Crippen molar-refractivity contribution in [3.63, 3.8) is 0 Å². The van der Waals surface area contributed by atoms with E-state index in [-0.39, 0.29) is 12.1 Å². The highest BCUT2D eigenvalue weighted by atomic mass is 16.5. The minimum Gasteiger partial charge on any atom is -0.481 e. The third-order valence-corrected chi connectivity index (χ3v) is 3.74. The molecule has 2 rings (SSSR count). The van der Waals surface area contributed by atoms with E-state index in [1.165, 1.54) is 0 Å². The second-order valence-electron chi connectivity index (χ2n) is 5.35. The van der Waals surface area contributed by atoms with Crippen LogP contribution in [0.5, 0.6) is 11.8 Å². The van der Waals surface area contributed by atoms with E-state index >= 15 is 0 Å². The lowest BCUT2D eigenvalue weighted by atomic mass is 10.2. The molecule has 1 aliphatic rings. The highest BCUT2D eigenvalue weighted by Crippen LogP contribution is 2.22. The zero-order chi connectivity index (χ0) is 15.4. The first-order valence-corrected chi connectivity index (χ1v) is 7.07. The van der Waals surface area contributed by atoms with Crippen molar-refractivity contribution in [2.45, 2.75) is 32.0 Å². The summed E-state index contributed by atoms with van der Waals surface area (Å²) in [6, 6.07) is 2.26. The van der Waals surface area contributed by atoms with E-state index in [9.17, 15) is 0 Å². The quantitative estimate of drug-likeness (QED) is 0.840. The number of hydrogen-bond acceptors (Lipinski definition) is 7. The third kappa shape index (κ3) is 3.74. The molecule has 2 atom stereocenters. The fraction of sp³-hybridized carbons (Fsp3) is 0.714. The van der Waals surface area contributed by atoms with Gasteiger partial charge < -0.3 is 19.5 Å². The van der Waals surface area contributed by atoms with Crippen molar-refractivity contribution in [2.24, 2.45) is 0 Å². The minimum atomic E-state index is 0.105. The molecule has 0 spiro atoms. The van der Waals surface area contributed by atoms with E-state index in [1.807, 2.05) is 0 Å². The fourth-order valence-electron chi connectivity index (χ4n) is 2.45. The van der Waals surface area contributed by atoms with Gasteiger partial charge in [0.25, 0.3) is 0 Å². The molecule has 2 heterocycles. The summed E-state index contributed by atoms with van der Waals surface area (Å²) in [5.41, 5.74) is 0. The van der Waals surface area contributed by atoms with Gasteiger partial charge in [0.05, 0.1) is 32.4 Å². The van der Waals surface area contributed by atoms with Gasteiger partial charge in [0.2, 0.25) is 17.7 Å². The Hall–Kier alpha value is -1.60. The van der Waals surface area contributed by atoms with Crippen molar-refractivity contribution in [3.05, 3.63) is 6.07 Å². The molecule has 7 nitrogen and oxygen atoms in total. The van der Waals surface area contributed by atoms with Crippen molar-refractivity contribution in [2.75, 3.05) is 39.7 Å². The Bertz CT molecular complexity index is 447. The molecule has 0 radical (unpaired) electrons. The van der Waals surface area contributed by atoms with Crippen LogP contribution in [0.1, 0.15) is 13.8 Å². The second-order valence-corrected chi connectivity index (χ2v) is 5.35.